The SMILES string of the molecule is NC(=O)[C@H]1[C@@H]2C[C@H]3[C@H]1Nc1nc(ncc1F)Nc1cccc(c1)OCCS[C@@H]3C2. The minimum Gasteiger partial charge on any atom is -0.493 e. The van der Waals surface area contributed by atoms with Crippen LogP contribution in [0.2, 0.25) is 0 Å². The number of anilines is 3. The second-order valence-electron chi connectivity index (χ2n) is 7.79. The number of ether oxygens (including phenoxy) is 1. The van der Waals surface area contributed by atoms with Gasteiger partial charge in [-0.1, -0.05) is 6.07 Å². The zero-order valence-electron chi connectivity index (χ0n) is 15.7. The average Bonchev–Trinajstić information content (AvgIpc) is 3.26. The van der Waals surface area contributed by atoms with Gasteiger partial charge in [0.1, 0.15) is 5.75 Å². The fourth-order valence-corrected chi connectivity index (χ4v) is 6.33. The molecule has 0 saturated heterocycles. The van der Waals surface area contributed by atoms with Crippen molar-refractivity contribution in [1.82, 2.24) is 9.97 Å². The van der Waals surface area contributed by atoms with Crippen molar-refractivity contribution in [3.05, 3.63) is 36.3 Å². The van der Waals surface area contributed by atoms with E-state index in [1.54, 1.807) is 0 Å². The summed E-state index contributed by atoms with van der Waals surface area (Å²) in [6, 6.07) is 7.28. The molecule has 152 valence electrons. The highest BCUT2D eigenvalue weighted by atomic mass is 32.2. The minimum absolute atomic E-state index is 0.0947. The first-order chi connectivity index (χ1) is 14.1. The average molecular weight is 415 g/mol. The first-order valence-corrected chi connectivity index (χ1v) is 10.8. The summed E-state index contributed by atoms with van der Waals surface area (Å²) in [6.45, 7) is 0.595. The van der Waals surface area contributed by atoms with Gasteiger partial charge in [-0.05, 0) is 36.8 Å². The number of amides is 1. The van der Waals surface area contributed by atoms with Crippen LogP contribution in [-0.2, 0) is 4.79 Å². The number of benzene rings is 1. The van der Waals surface area contributed by atoms with Crippen molar-refractivity contribution < 1.29 is 13.9 Å². The Hall–Kier alpha value is -2.55. The molecule has 2 aromatic rings. The van der Waals surface area contributed by atoms with E-state index in [2.05, 4.69) is 20.6 Å². The third-order valence-electron chi connectivity index (χ3n) is 6.09. The van der Waals surface area contributed by atoms with Gasteiger partial charge in [0.25, 0.3) is 0 Å². The molecule has 5 rings (SSSR count). The summed E-state index contributed by atoms with van der Waals surface area (Å²) in [5.41, 5.74) is 6.46. The topological polar surface area (TPSA) is 102 Å². The molecule has 9 heteroatoms. The number of nitrogens with one attached hydrogen (secondary N) is 2. The van der Waals surface area contributed by atoms with Gasteiger partial charge in [0.2, 0.25) is 11.9 Å². The van der Waals surface area contributed by atoms with Crippen LogP contribution >= 0.6 is 11.8 Å². The number of hydrogen-bond donors (Lipinski definition) is 3. The number of rotatable bonds is 1. The molecule has 29 heavy (non-hydrogen) atoms. The summed E-state index contributed by atoms with van der Waals surface area (Å²) in [6.07, 6.45) is 3.01. The molecular formula is C20H22FN5O2S. The number of halogens is 1. The third-order valence-corrected chi connectivity index (χ3v) is 7.47. The van der Waals surface area contributed by atoms with E-state index >= 15 is 0 Å². The molecule has 6 bridgehead atoms. The van der Waals surface area contributed by atoms with Crippen LogP contribution < -0.4 is 21.1 Å². The van der Waals surface area contributed by atoms with Gasteiger partial charge in [-0.25, -0.2) is 9.37 Å². The Morgan fingerprint density at radius 3 is 3.10 bits per heavy atom. The number of primary amides is 1. The van der Waals surface area contributed by atoms with Gasteiger partial charge in [-0.3, -0.25) is 4.79 Å². The number of fused-ring (bicyclic) bond motifs is 5. The molecule has 0 unspecified atom stereocenters. The third kappa shape index (κ3) is 3.48. The van der Waals surface area contributed by atoms with Gasteiger partial charge in [0.15, 0.2) is 11.6 Å². The number of carbonyl (C=O) groups excluding carboxylic acids is 1. The fraction of sp³-hybridized carbons (Fsp3) is 0.450. The number of thioether (sulfide) groups is 1. The van der Waals surface area contributed by atoms with Gasteiger partial charge in [0.05, 0.1) is 18.7 Å². The lowest BCUT2D eigenvalue weighted by Crippen LogP contribution is -2.46. The second kappa shape index (κ2) is 7.37. The Morgan fingerprint density at radius 2 is 2.24 bits per heavy atom. The van der Waals surface area contributed by atoms with Gasteiger partial charge in [0, 0.05) is 28.8 Å². The van der Waals surface area contributed by atoms with Crippen molar-refractivity contribution in [2.45, 2.75) is 24.1 Å². The number of nitrogens with two attached hydrogens (primary N) is 1. The molecule has 4 N–H and O–H groups in total. The molecular weight excluding hydrogens is 393 g/mol. The zero-order valence-corrected chi connectivity index (χ0v) is 16.5. The quantitative estimate of drug-likeness (QED) is 0.658. The highest BCUT2D eigenvalue weighted by Crippen LogP contribution is 2.53. The van der Waals surface area contributed by atoms with E-state index in [4.69, 9.17) is 10.5 Å². The molecule has 1 aliphatic heterocycles. The molecule has 2 saturated carbocycles. The van der Waals surface area contributed by atoms with E-state index < -0.39 is 5.82 Å². The second-order valence-corrected chi connectivity index (χ2v) is 9.14. The molecule has 2 fully saturated rings. The summed E-state index contributed by atoms with van der Waals surface area (Å²) in [5.74, 6) is 1.23. The van der Waals surface area contributed by atoms with Crippen molar-refractivity contribution in [1.29, 1.82) is 0 Å². The predicted octanol–water partition coefficient (Wildman–Crippen LogP) is 2.78. The van der Waals surface area contributed by atoms with Crippen LogP contribution in [0.3, 0.4) is 0 Å². The number of hydrogen-bond acceptors (Lipinski definition) is 7. The van der Waals surface area contributed by atoms with Crippen molar-refractivity contribution >= 4 is 35.1 Å². The molecule has 1 amide bonds. The van der Waals surface area contributed by atoms with Crippen molar-refractivity contribution in [3.63, 3.8) is 0 Å². The summed E-state index contributed by atoms with van der Waals surface area (Å²) in [7, 11) is 0. The van der Waals surface area contributed by atoms with Crippen LogP contribution in [-0.4, -0.2) is 39.5 Å². The first kappa shape index (κ1) is 18.5. The van der Waals surface area contributed by atoms with E-state index in [1.165, 1.54) is 0 Å². The van der Waals surface area contributed by atoms with Crippen LogP contribution in [0.4, 0.5) is 21.8 Å². The molecule has 2 heterocycles. The van der Waals surface area contributed by atoms with E-state index in [-0.39, 0.29) is 41.5 Å². The molecule has 5 atom stereocenters. The monoisotopic (exact) mass is 415 g/mol. The Bertz CT molecular complexity index is 945. The van der Waals surface area contributed by atoms with Crippen LogP contribution in [0, 0.1) is 23.6 Å². The molecule has 1 aromatic carbocycles. The maximum atomic E-state index is 14.5. The molecule has 2 aliphatic carbocycles. The van der Waals surface area contributed by atoms with Crippen LogP contribution in [0.5, 0.6) is 5.75 Å². The van der Waals surface area contributed by atoms with E-state index in [9.17, 15) is 9.18 Å². The fourth-order valence-electron chi connectivity index (χ4n) is 4.94. The van der Waals surface area contributed by atoms with Gasteiger partial charge in [-0.2, -0.15) is 16.7 Å². The van der Waals surface area contributed by atoms with Crippen LogP contribution in [0.25, 0.3) is 0 Å². The molecule has 1 aromatic heterocycles. The van der Waals surface area contributed by atoms with Crippen molar-refractivity contribution in [2.75, 3.05) is 23.0 Å². The first-order valence-electron chi connectivity index (χ1n) is 9.78. The van der Waals surface area contributed by atoms with Crippen molar-refractivity contribution in [2.24, 2.45) is 23.5 Å². The van der Waals surface area contributed by atoms with Gasteiger partial charge >= 0.3 is 0 Å². The standard InChI is InChI=1S/C20H22FN5O2S/c21-14-9-23-20-24-11-2-1-3-12(8-11)28-4-5-29-15-7-10-6-13(15)17(16(10)18(22)27)25-19(14)26-20/h1-3,8-10,13,15-17H,4-7H2,(H2,22,27)(H2,23,24,25,26)/t10-,13-,15-,16+,17-/m1/s1. The molecule has 0 spiro atoms. The molecule has 0 radical (unpaired) electrons. The predicted molar refractivity (Wildman–Crippen MR) is 110 cm³/mol. The smallest absolute Gasteiger partial charge is 0.229 e. The normalized spacial score (nSPS) is 30.3. The summed E-state index contributed by atoms with van der Waals surface area (Å²) >= 11 is 1.86. The summed E-state index contributed by atoms with van der Waals surface area (Å²) in [4.78, 5) is 20.5. The summed E-state index contributed by atoms with van der Waals surface area (Å²) in [5, 5.41) is 6.68. The van der Waals surface area contributed by atoms with E-state index in [0.717, 1.165) is 36.2 Å². The lowest BCUT2D eigenvalue weighted by Gasteiger charge is -2.35. The highest BCUT2D eigenvalue weighted by Gasteiger charge is 2.55. The Morgan fingerprint density at radius 1 is 1.34 bits per heavy atom. The Labute approximate surface area is 172 Å². The lowest BCUT2D eigenvalue weighted by molar-refractivity contribution is -0.123. The number of aromatic nitrogens is 2. The molecule has 3 aliphatic rings. The highest BCUT2D eigenvalue weighted by molar-refractivity contribution is 7.99. The van der Waals surface area contributed by atoms with Gasteiger partial charge in [-0.15, -0.1) is 0 Å². The minimum atomic E-state index is -0.549. The van der Waals surface area contributed by atoms with Crippen molar-refractivity contribution in [3.8, 4) is 5.75 Å². The van der Waals surface area contributed by atoms with E-state index in [0.29, 0.717) is 11.9 Å². The molecule has 7 nitrogen and oxygen atoms in total. The number of carbonyl (C=O) groups is 1. The maximum Gasteiger partial charge on any atom is 0.229 e. The van der Waals surface area contributed by atoms with E-state index in [1.807, 2.05) is 36.0 Å². The summed E-state index contributed by atoms with van der Waals surface area (Å²) < 4.78 is 20.4. The maximum absolute atomic E-state index is 14.5. The zero-order chi connectivity index (χ0) is 20.0. The lowest BCUT2D eigenvalue weighted by atomic mass is 9.83. The van der Waals surface area contributed by atoms with Crippen LogP contribution in [0.1, 0.15) is 12.8 Å². The largest absolute Gasteiger partial charge is 0.493 e. The van der Waals surface area contributed by atoms with Gasteiger partial charge < -0.3 is 21.1 Å². The van der Waals surface area contributed by atoms with Crippen LogP contribution in [0.15, 0.2) is 30.5 Å². The Balaban J connectivity index is 1.51. The number of nitrogens with zero attached hydrogens (tertiary/aromatic N) is 2. The Kier molecular flexibility index (Phi) is 4.69.